The van der Waals surface area contributed by atoms with Crippen LogP contribution in [0.5, 0.6) is 0 Å². The molecule has 3 aliphatic rings. The molecule has 1 N–H and O–H groups in total. The van der Waals surface area contributed by atoms with Crippen LogP contribution in [0.4, 0.5) is 8.78 Å². The maximum atomic E-state index is 13.7. The first-order chi connectivity index (χ1) is 19.4. The Morgan fingerprint density at radius 3 is 2.10 bits per heavy atom. The lowest BCUT2D eigenvalue weighted by Crippen LogP contribution is -2.51. The number of fused-ring (bicyclic) bond motifs is 1. The van der Waals surface area contributed by atoms with E-state index in [1.807, 2.05) is 24.3 Å². The van der Waals surface area contributed by atoms with Crippen molar-refractivity contribution in [2.45, 2.75) is 43.4 Å². The molecule has 3 heterocycles. The Balaban J connectivity index is 1.11. The monoisotopic (exact) mass is 562 g/mol. The SMILES string of the molecule is O=C1CCC(N2Cc3cc(CN4CCN(C(c5ccc(F)cc5)c5ccc(F)cc5)CC4)ccc3C2S)C(=O)N1. The van der Waals surface area contributed by atoms with Crippen LogP contribution in [0.2, 0.25) is 0 Å². The van der Waals surface area contributed by atoms with Crippen LogP contribution in [0.25, 0.3) is 0 Å². The quantitative estimate of drug-likeness (QED) is 0.344. The van der Waals surface area contributed by atoms with E-state index in [0.717, 1.165) is 49.4 Å². The van der Waals surface area contributed by atoms with Crippen molar-refractivity contribution in [3.8, 4) is 0 Å². The maximum Gasteiger partial charge on any atom is 0.243 e. The Morgan fingerprint density at radius 1 is 0.875 bits per heavy atom. The molecule has 2 fully saturated rings. The van der Waals surface area contributed by atoms with Crippen LogP contribution in [0.3, 0.4) is 0 Å². The first-order valence-corrected chi connectivity index (χ1v) is 14.2. The molecule has 3 aliphatic heterocycles. The predicted molar refractivity (Wildman–Crippen MR) is 151 cm³/mol. The molecule has 3 aromatic carbocycles. The van der Waals surface area contributed by atoms with E-state index in [0.29, 0.717) is 19.4 Å². The van der Waals surface area contributed by atoms with Gasteiger partial charge in [-0.2, -0.15) is 12.6 Å². The minimum atomic E-state index is -0.348. The summed E-state index contributed by atoms with van der Waals surface area (Å²) in [6, 6.07) is 19.2. The molecule has 2 amide bonds. The van der Waals surface area contributed by atoms with Gasteiger partial charge < -0.3 is 0 Å². The van der Waals surface area contributed by atoms with Gasteiger partial charge in [0, 0.05) is 45.7 Å². The van der Waals surface area contributed by atoms with E-state index in [1.165, 1.54) is 35.4 Å². The van der Waals surface area contributed by atoms with Crippen LogP contribution in [0, 0.1) is 11.6 Å². The highest BCUT2D eigenvalue weighted by molar-refractivity contribution is 7.80. The number of thiol groups is 1. The molecule has 0 aliphatic carbocycles. The molecular formula is C31H32F2N4O2S. The number of nitrogens with one attached hydrogen (secondary N) is 1. The van der Waals surface area contributed by atoms with Crippen LogP contribution in [-0.2, 0) is 22.7 Å². The molecule has 40 heavy (non-hydrogen) atoms. The molecule has 0 bridgehead atoms. The summed E-state index contributed by atoms with van der Waals surface area (Å²) >= 11 is 4.81. The number of amides is 2. The summed E-state index contributed by atoms with van der Waals surface area (Å²) in [5.74, 6) is -0.992. The molecule has 0 aromatic heterocycles. The summed E-state index contributed by atoms with van der Waals surface area (Å²) in [6.45, 7) is 4.84. The molecule has 0 saturated carbocycles. The van der Waals surface area contributed by atoms with E-state index in [4.69, 9.17) is 12.6 Å². The number of carbonyl (C=O) groups is 2. The lowest BCUT2D eigenvalue weighted by molar-refractivity contribution is -0.137. The number of carbonyl (C=O) groups excluding carboxylic acids is 2. The average Bonchev–Trinajstić information content (AvgIpc) is 3.27. The van der Waals surface area contributed by atoms with Gasteiger partial charge in [-0.3, -0.25) is 29.6 Å². The van der Waals surface area contributed by atoms with Gasteiger partial charge in [-0.25, -0.2) is 8.78 Å². The fourth-order valence-electron chi connectivity index (χ4n) is 6.23. The van der Waals surface area contributed by atoms with Gasteiger partial charge in [0.2, 0.25) is 11.8 Å². The van der Waals surface area contributed by atoms with Gasteiger partial charge in [-0.1, -0.05) is 42.5 Å². The maximum absolute atomic E-state index is 13.7. The first-order valence-electron chi connectivity index (χ1n) is 13.7. The Kier molecular flexibility index (Phi) is 7.72. The number of piperazine rings is 1. The zero-order valence-corrected chi connectivity index (χ0v) is 23.0. The van der Waals surface area contributed by atoms with E-state index in [1.54, 1.807) is 0 Å². The van der Waals surface area contributed by atoms with Crippen LogP contribution in [-0.4, -0.2) is 58.7 Å². The fraction of sp³-hybridized carbons (Fsp3) is 0.355. The van der Waals surface area contributed by atoms with Gasteiger partial charge in [0.05, 0.1) is 17.5 Å². The zero-order chi connectivity index (χ0) is 27.8. The second kappa shape index (κ2) is 11.4. The average molecular weight is 563 g/mol. The second-order valence-corrected chi connectivity index (χ2v) is 11.4. The summed E-state index contributed by atoms with van der Waals surface area (Å²) in [6.07, 6.45) is 0.869. The van der Waals surface area contributed by atoms with Crippen LogP contribution < -0.4 is 5.32 Å². The Hall–Kier alpha value is -3.11. The van der Waals surface area contributed by atoms with Crippen molar-refractivity contribution in [3.05, 3.63) is 106 Å². The highest BCUT2D eigenvalue weighted by atomic mass is 32.1. The molecule has 208 valence electrons. The standard InChI is InChI=1S/C31H32F2N4O2S/c32-24-6-2-21(3-7-24)29(22-4-8-25(33)9-5-22)36-15-13-35(14-16-36)18-20-1-10-26-23(17-20)19-37(31(26)40)27-11-12-28(38)34-30(27)39/h1-10,17,27,29,31,40H,11-16,18-19H2,(H,34,38,39). The van der Waals surface area contributed by atoms with E-state index < -0.39 is 0 Å². The molecule has 2 atom stereocenters. The van der Waals surface area contributed by atoms with Crippen molar-refractivity contribution in [2.24, 2.45) is 0 Å². The van der Waals surface area contributed by atoms with E-state index >= 15 is 0 Å². The highest BCUT2D eigenvalue weighted by Gasteiger charge is 2.39. The van der Waals surface area contributed by atoms with Crippen molar-refractivity contribution >= 4 is 24.4 Å². The third kappa shape index (κ3) is 5.56. The molecule has 6 nitrogen and oxygen atoms in total. The predicted octanol–water partition coefficient (Wildman–Crippen LogP) is 4.42. The Labute approximate surface area is 238 Å². The third-order valence-corrected chi connectivity index (χ3v) is 8.89. The van der Waals surface area contributed by atoms with Gasteiger partial charge >= 0.3 is 0 Å². The summed E-state index contributed by atoms with van der Waals surface area (Å²) in [4.78, 5) is 30.9. The normalized spacial score (nSPS) is 22.5. The number of hydrogen-bond donors (Lipinski definition) is 2. The third-order valence-electron chi connectivity index (χ3n) is 8.31. The summed E-state index contributed by atoms with van der Waals surface area (Å²) in [5, 5.41) is 2.28. The lowest BCUT2D eigenvalue weighted by atomic mass is 9.96. The van der Waals surface area contributed by atoms with E-state index in [9.17, 15) is 18.4 Å². The zero-order valence-electron chi connectivity index (χ0n) is 22.1. The number of halogens is 2. The summed E-state index contributed by atoms with van der Waals surface area (Å²) < 4.78 is 27.3. The largest absolute Gasteiger partial charge is 0.297 e. The number of imide groups is 1. The summed E-state index contributed by atoms with van der Waals surface area (Å²) in [7, 11) is 0. The van der Waals surface area contributed by atoms with Crippen LogP contribution in [0.15, 0.2) is 66.7 Å². The number of piperidine rings is 1. The topological polar surface area (TPSA) is 55.9 Å². The molecule has 6 rings (SSSR count). The second-order valence-electron chi connectivity index (χ2n) is 10.9. The minimum Gasteiger partial charge on any atom is -0.297 e. The van der Waals surface area contributed by atoms with Crippen LogP contribution in [0.1, 0.15) is 52.1 Å². The van der Waals surface area contributed by atoms with Gasteiger partial charge in [0.25, 0.3) is 0 Å². The molecule has 3 aromatic rings. The highest BCUT2D eigenvalue weighted by Crippen LogP contribution is 2.39. The molecule has 0 radical (unpaired) electrons. The van der Waals surface area contributed by atoms with Crippen molar-refractivity contribution in [3.63, 3.8) is 0 Å². The van der Waals surface area contributed by atoms with Gasteiger partial charge in [0.15, 0.2) is 0 Å². The number of benzene rings is 3. The van der Waals surface area contributed by atoms with Gasteiger partial charge in [0.1, 0.15) is 11.6 Å². The Morgan fingerprint density at radius 2 is 1.50 bits per heavy atom. The first kappa shape index (κ1) is 27.1. The van der Waals surface area contributed by atoms with Crippen molar-refractivity contribution in [1.82, 2.24) is 20.0 Å². The van der Waals surface area contributed by atoms with Gasteiger partial charge in [-0.05, 0) is 58.5 Å². The fourth-order valence-corrected chi connectivity index (χ4v) is 6.72. The van der Waals surface area contributed by atoms with E-state index in [-0.39, 0.29) is 40.9 Å². The minimum absolute atomic E-state index is 0.0751. The molecule has 2 unspecified atom stereocenters. The van der Waals surface area contributed by atoms with Crippen molar-refractivity contribution in [2.75, 3.05) is 26.2 Å². The number of nitrogens with zero attached hydrogens (tertiary/aromatic N) is 3. The molecular weight excluding hydrogens is 530 g/mol. The molecule has 2 saturated heterocycles. The summed E-state index contributed by atoms with van der Waals surface area (Å²) in [5.41, 5.74) is 5.48. The van der Waals surface area contributed by atoms with Crippen LogP contribution >= 0.6 is 12.6 Å². The number of hydrogen-bond acceptors (Lipinski definition) is 6. The van der Waals surface area contributed by atoms with E-state index in [2.05, 4.69) is 38.2 Å². The smallest absolute Gasteiger partial charge is 0.243 e. The molecule has 0 spiro atoms. The lowest BCUT2D eigenvalue weighted by Gasteiger charge is -2.40. The molecule has 9 heteroatoms. The number of rotatable bonds is 6. The van der Waals surface area contributed by atoms with Gasteiger partial charge in [-0.15, -0.1) is 0 Å². The van der Waals surface area contributed by atoms with Crippen molar-refractivity contribution in [1.29, 1.82) is 0 Å². The van der Waals surface area contributed by atoms with Crippen molar-refractivity contribution < 1.29 is 18.4 Å². The Bertz CT molecular complexity index is 1350.